The lowest BCUT2D eigenvalue weighted by Gasteiger charge is -2.25. The van der Waals surface area contributed by atoms with Crippen molar-refractivity contribution in [2.24, 2.45) is 5.84 Å². The molecule has 6 nitrogen and oxygen atoms in total. The fourth-order valence-electron chi connectivity index (χ4n) is 1.01. The Kier molecular flexibility index (Phi) is 4.25. The van der Waals surface area contributed by atoms with Gasteiger partial charge in [-0.25, -0.2) is 10.8 Å². The van der Waals surface area contributed by atoms with E-state index in [4.69, 9.17) is 10.9 Å². The van der Waals surface area contributed by atoms with E-state index in [2.05, 4.69) is 31.3 Å². The van der Waals surface area contributed by atoms with E-state index in [1.807, 2.05) is 18.9 Å². The highest BCUT2D eigenvalue weighted by Crippen LogP contribution is 2.24. The second kappa shape index (κ2) is 5.24. The summed E-state index contributed by atoms with van der Waals surface area (Å²) in [5.74, 6) is 6.24. The van der Waals surface area contributed by atoms with Crippen LogP contribution in [0.5, 0.6) is 0 Å². The van der Waals surface area contributed by atoms with Crippen LogP contribution in [-0.2, 0) is 0 Å². The molecule has 0 aliphatic carbocycles. The number of nitrogens with one attached hydrogen (secondary N) is 1. The van der Waals surface area contributed by atoms with Crippen LogP contribution in [0.4, 0.5) is 11.8 Å². The summed E-state index contributed by atoms with van der Waals surface area (Å²) in [4.78, 5) is 9.96. The van der Waals surface area contributed by atoms with Crippen molar-refractivity contribution in [1.82, 2.24) is 9.97 Å². The quantitative estimate of drug-likeness (QED) is 0.543. The smallest absolute Gasteiger partial charge is 0.239 e. The number of aliphatic hydroxyl groups is 1. The van der Waals surface area contributed by atoms with Crippen molar-refractivity contribution in [2.75, 3.05) is 24.0 Å². The van der Waals surface area contributed by atoms with Gasteiger partial charge < -0.3 is 10.0 Å². The van der Waals surface area contributed by atoms with Crippen LogP contribution in [0, 0.1) is 0 Å². The molecule has 1 unspecified atom stereocenters. The van der Waals surface area contributed by atoms with Crippen LogP contribution >= 0.6 is 15.9 Å². The van der Waals surface area contributed by atoms with Gasteiger partial charge in [0, 0.05) is 13.2 Å². The molecule has 1 aromatic heterocycles. The third-order valence-electron chi connectivity index (χ3n) is 2.11. The van der Waals surface area contributed by atoms with Crippen molar-refractivity contribution in [3.8, 4) is 0 Å². The van der Waals surface area contributed by atoms with Crippen molar-refractivity contribution in [3.63, 3.8) is 0 Å². The number of likely N-dealkylation sites (N-methyl/N-ethyl adjacent to an activating group) is 1. The summed E-state index contributed by atoms with van der Waals surface area (Å²) in [6.45, 7) is 1.95. The largest absolute Gasteiger partial charge is 0.394 e. The SMILES string of the molecule is CC(CO)N(C)c1nc(NN)ncc1Br. The van der Waals surface area contributed by atoms with Gasteiger partial charge in [0.25, 0.3) is 0 Å². The molecule has 0 spiro atoms. The van der Waals surface area contributed by atoms with Crippen molar-refractivity contribution in [1.29, 1.82) is 0 Å². The van der Waals surface area contributed by atoms with E-state index in [-0.39, 0.29) is 12.6 Å². The average molecular weight is 276 g/mol. The first-order valence-electron chi connectivity index (χ1n) is 4.43. The molecule has 0 aromatic carbocycles. The maximum Gasteiger partial charge on any atom is 0.239 e. The molecule has 0 bridgehead atoms. The molecule has 84 valence electrons. The summed E-state index contributed by atoms with van der Waals surface area (Å²) < 4.78 is 0.754. The molecule has 0 aliphatic heterocycles. The first-order valence-corrected chi connectivity index (χ1v) is 5.22. The van der Waals surface area contributed by atoms with Gasteiger partial charge in [-0.15, -0.1) is 0 Å². The highest BCUT2D eigenvalue weighted by Gasteiger charge is 2.14. The van der Waals surface area contributed by atoms with Gasteiger partial charge in [0.2, 0.25) is 5.95 Å². The molecule has 0 fully saturated rings. The van der Waals surface area contributed by atoms with E-state index in [1.54, 1.807) is 6.20 Å². The molecule has 1 aromatic rings. The predicted molar refractivity (Wildman–Crippen MR) is 62.5 cm³/mol. The minimum atomic E-state index is -0.0261. The summed E-state index contributed by atoms with van der Waals surface area (Å²) in [6, 6.07) is -0.0261. The predicted octanol–water partition coefficient (Wildman–Crippen LogP) is 0.342. The Morgan fingerprint density at radius 1 is 1.73 bits per heavy atom. The second-order valence-electron chi connectivity index (χ2n) is 3.15. The van der Waals surface area contributed by atoms with Gasteiger partial charge >= 0.3 is 0 Å². The molecule has 1 atom stereocenters. The van der Waals surface area contributed by atoms with Gasteiger partial charge in [-0.1, -0.05) is 0 Å². The van der Waals surface area contributed by atoms with Gasteiger partial charge in [0.1, 0.15) is 5.82 Å². The third-order valence-corrected chi connectivity index (χ3v) is 2.67. The fraction of sp³-hybridized carbons (Fsp3) is 0.500. The number of halogens is 1. The monoisotopic (exact) mass is 275 g/mol. The molecule has 0 aliphatic rings. The van der Waals surface area contributed by atoms with Crippen molar-refractivity contribution < 1.29 is 5.11 Å². The van der Waals surface area contributed by atoms with Crippen molar-refractivity contribution in [3.05, 3.63) is 10.7 Å². The van der Waals surface area contributed by atoms with E-state index in [9.17, 15) is 0 Å². The number of rotatable bonds is 4. The molecule has 0 radical (unpaired) electrons. The highest BCUT2D eigenvalue weighted by atomic mass is 79.9. The normalized spacial score (nSPS) is 12.3. The molecule has 4 N–H and O–H groups in total. The van der Waals surface area contributed by atoms with Crippen LogP contribution in [0.2, 0.25) is 0 Å². The lowest BCUT2D eigenvalue weighted by molar-refractivity contribution is 0.269. The summed E-state index contributed by atoms with van der Waals surface area (Å²) >= 11 is 3.34. The van der Waals surface area contributed by atoms with Gasteiger partial charge in [0.05, 0.1) is 17.1 Å². The van der Waals surface area contributed by atoms with Crippen LogP contribution in [0.3, 0.4) is 0 Å². The van der Waals surface area contributed by atoms with Gasteiger partial charge in [-0.05, 0) is 22.9 Å². The number of aliphatic hydroxyl groups excluding tert-OH is 1. The van der Waals surface area contributed by atoms with E-state index in [0.717, 1.165) is 4.47 Å². The standard InChI is InChI=1S/C8H14BrN5O/c1-5(4-15)14(2)7-6(9)3-11-8(12-7)13-10/h3,5,15H,4,10H2,1-2H3,(H,11,12,13). The first kappa shape index (κ1) is 12.2. The molecule has 15 heavy (non-hydrogen) atoms. The average Bonchev–Trinajstić information content (AvgIpc) is 2.27. The summed E-state index contributed by atoms with van der Waals surface area (Å²) in [5.41, 5.74) is 2.37. The zero-order valence-corrected chi connectivity index (χ0v) is 10.2. The number of hydrogen-bond acceptors (Lipinski definition) is 6. The van der Waals surface area contributed by atoms with Crippen LogP contribution < -0.4 is 16.2 Å². The summed E-state index contributed by atoms with van der Waals surface area (Å²) in [5, 5.41) is 9.04. The number of hydrogen-bond donors (Lipinski definition) is 3. The van der Waals surface area contributed by atoms with Crippen molar-refractivity contribution >= 4 is 27.7 Å². The van der Waals surface area contributed by atoms with Crippen LogP contribution in [-0.4, -0.2) is 34.8 Å². The number of nitrogens with zero attached hydrogens (tertiary/aromatic N) is 3. The van der Waals surface area contributed by atoms with Crippen LogP contribution in [0.1, 0.15) is 6.92 Å². The van der Waals surface area contributed by atoms with E-state index in [1.165, 1.54) is 0 Å². The zero-order valence-electron chi connectivity index (χ0n) is 8.61. The minimum Gasteiger partial charge on any atom is -0.394 e. The highest BCUT2D eigenvalue weighted by molar-refractivity contribution is 9.10. The Bertz CT molecular complexity index is 335. The van der Waals surface area contributed by atoms with Gasteiger partial charge in [-0.3, -0.25) is 5.43 Å². The summed E-state index contributed by atoms with van der Waals surface area (Å²) in [6.07, 6.45) is 1.61. The Balaban J connectivity index is 3.01. The molecule has 1 heterocycles. The number of nitrogens with two attached hydrogens (primary N) is 1. The molecule has 1 rings (SSSR count). The Hall–Kier alpha value is -0.920. The van der Waals surface area contributed by atoms with Crippen molar-refractivity contribution in [2.45, 2.75) is 13.0 Å². The number of anilines is 2. The molecule has 0 saturated heterocycles. The van der Waals surface area contributed by atoms with E-state index >= 15 is 0 Å². The number of hydrazine groups is 1. The molecule has 0 saturated carbocycles. The maximum absolute atomic E-state index is 9.04. The van der Waals surface area contributed by atoms with Gasteiger partial charge in [0.15, 0.2) is 0 Å². The molecule has 0 amide bonds. The molecular weight excluding hydrogens is 262 g/mol. The minimum absolute atomic E-state index is 0.0261. The topological polar surface area (TPSA) is 87.3 Å². The van der Waals surface area contributed by atoms with E-state index in [0.29, 0.717) is 11.8 Å². The Morgan fingerprint density at radius 2 is 2.40 bits per heavy atom. The molecule has 7 heteroatoms. The van der Waals surface area contributed by atoms with Crippen LogP contribution in [0.15, 0.2) is 10.7 Å². The first-order chi connectivity index (χ1) is 7.10. The maximum atomic E-state index is 9.04. The zero-order chi connectivity index (χ0) is 11.4. The third kappa shape index (κ3) is 2.77. The van der Waals surface area contributed by atoms with Gasteiger partial charge in [-0.2, -0.15) is 4.98 Å². The van der Waals surface area contributed by atoms with Crippen LogP contribution in [0.25, 0.3) is 0 Å². The molecular formula is C8H14BrN5O. The fourth-order valence-corrected chi connectivity index (χ4v) is 1.48. The number of nitrogen functional groups attached to an aromatic ring is 1. The summed E-state index contributed by atoms with van der Waals surface area (Å²) in [7, 11) is 1.84. The second-order valence-corrected chi connectivity index (χ2v) is 4.01. The van der Waals surface area contributed by atoms with E-state index < -0.39 is 0 Å². The number of aromatic nitrogens is 2. The Morgan fingerprint density at radius 3 is 2.93 bits per heavy atom. The Labute approximate surface area is 96.6 Å². The lowest BCUT2D eigenvalue weighted by Crippen LogP contribution is -2.33. The lowest BCUT2D eigenvalue weighted by atomic mass is 10.3.